The highest BCUT2D eigenvalue weighted by Crippen LogP contribution is 2.37. The van der Waals surface area contributed by atoms with Gasteiger partial charge in [-0.3, -0.25) is 4.98 Å². The van der Waals surface area contributed by atoms with E-state index in [-0.39, 0.29) is 6.04 Å². The van der Waals surface area contributed by atoms with Crippen molar-refractivity contribution in [3.63, 3.8) is 0 Å². The van der Waals surface area contributed by atoms with Crippen LogP contribution < -0.4 is 5.32 Å². The standard InChI is InChI=1S/C29H36N2/c1-19(2)24-13-8-9-14-25(24)29(31-28-21(4)17-20(3)18-22(28)5)27-16-10-15-26(30-27)23-11-6-7-12-23/h8-10,13-19,23,29,31H,6-7,11-12H2,1-5H3. The van der Waals surface area contributed by atoms with Gasteiger partial charge in [0, 0.05) is 17.3 Å². The minimum absolute atomic E-state index is 0.0278. The Labute approximate surface area is 188 Å². The van der Waals surface area contributed by atoms with E-state index in [0.29, 0.717) is 11.8 Å². The van der Waals surface area contributed by atoms with Crippen LogP contribution in [0.25, 0.3) is 0 Å². The van der Waals surface area contributed by atoms with E-state index in [1.807, 2.05) is 0 Å². The van der Waals surface area contributed by atoms with Crippen molar-refractivity contribution >= 4 is 5.69 Å². The molecule has 1 heterocycles. The van der Waals surface area contributed by atoms with Gasteiger partial charge in [0.1, 0.15) is 0 Å². The summed E-state index contributed by atoms with van der Waals surface area (Å²) in [6.07, 6.45) is 5.20. The van der Waals surface area contributed by atoms with Crippen molar-refractivity contribution in [3.8, 4) is 0 Å². The highest BCUT2D eigenvalue weighted by atomic mass is 15.0. The zero-order valence-corrected chi connectivity index (χ0v) is 19.7. The fourth-order valence-corrected chi connectivity index (χ4v) is 5.24. The normalized spacial score (nSPS) is 15.4. The maximum atomic E-state index is 5.24. The Morgan fingerprint density at radius 1 is 0.839 bits per heavy atom. The molecule has 31 heavy (non-hydrogen) atoms. The fraction of sp³-hybridized carbons (Fsp3) is 0.414. The first-order valence-corrected chi connectivity index (χ1v) is 11.8. The molecule has 0 radical (unpaired) electrons. The molecule has 0 saturated heterocycles. The topological polar surface area (TPSA) is 24.9 Å². The second-order valence-corrected chi connectivity index (χ2v) is 9.60. The second-order valence-electron chi connectivity index (χ2n) is 9.60. The maximum absolute atomic E-state index is 5.24. The fourth-order valence-electron chi connectivity index (χ4n) is 5.24. The Morgan fingerprint density at radius 3 is 2.13 bits per heavy atom. The van der Waals surface area contributed by atoms with Crippen LogP contribution in [-0.4, -0.2) is 4.98 Å². The molecule has 0 aliphatic heterocycles. The molecule has 4 rings (SSSR count). The van der Waals surface area contributed by atoms with E-state index in [0.717, 1.165) is 5.69 Å². The van der Waals surface area contributed by atoms with Gasteiger partial charge in [-0.1, -0.05) is 74.7 Å². The van der Waals surface area contributed by atoms with Gasteiger partial charge in [0.05, 0.1) is 11.7 Å². The first kappa shape index (κ1) is 21.6. The third-order valence-corrected chi connectivity index (χ3v) is 6.76. The van der Waals surface area contributed by atoms with Crippen LogP contribution in [0.3, 0.4) is 0 Å². The smallest absolute Gasteiger partial charge is 0.0943 e. The maximum Gasteiger partial charge on any atom is 0.0943 e. The summed E-state index contributed by atoms with van der Waals surface area (Å²) in [6, 6.07) is 20.1. The van der Waals surface area contributed by atoms with Gasteiger partial charge < -0.3 is 5.32 Å². The molecule has 1 aliphatic rings. The van der Waals surface area contributed by atoms with Crippen LogP contribution in [-0.2, 0) is 0 Å². The number of hydrogen-bond donors (Lipinski definition) is 1. The molecule has 2 aromatic carbocycles. The van der Waals surface area contributed by atoms with Crippen molar-refractivity contribution in [2.45, 2.75) is 78.2 Å². The molecule has 1 N–H and O–H groups in total. The van der Waals surface area contributed by atoms with Crippen LogP contribution in [0, 0.1) is 20.8 Å². The highest BCUT2D eigenvalue weighted by Gasteiger charge is 2.24. The van der Waals surface area contributed by atoms with Gasteiger partial charge in [-0.05, 0) is 73.9 Å². The Hall–Kier alpha value is -2.61. The quantitative estimate of drug-likeness (QED) is 0.444. The van der Waals surface area contributed by atoms with Crippen LogP contribution in [0.5, 0.6) is 0 Å². The number of benzene rings is 2. The molecule has 0 bridgehead atoms. The largest absolute Gasteiger partial charge is 0.372 e. The van der Waals surface area contributed by atoms with Gasteiger partial charge in [0.15, 0.2) is 0 Å². The van der Waals surface area contributed by atoms with E-state index in [9.17, 15) is 0 Å². The third kappa shape index (κ3) is 4.69. The van der Waals surface area contributed by atoms with E-state index in [1.54, 1.807) is 0 Å². The molecule has 2 heteroatoms. The summed E-state index contributed by atoms with van der Waals surface area (Å²) in [7, 11) is 0. The predicted molar refractivity (Wildman–Crippen MR) is 132 cm³/mol. The Balaban J connectivity index is 1.82. The molecule has 0 amide bonds. The van der Waals surface area contributed by atoms with Gasteiger partial charge in [0.25, 0.3) is 0 Å². The van der Waals surface area contributed by atoms with Crippen LogP contribution in [0.15, 0.2) is 54.6 Å². The van der Waals surface area contributed by atoms with Crippen molar-refractivity contribution in [2.24, 2.45) is 0 Å². The Bertz CT molecular complexity index is 1020. The van der Waals surface area contributed by atoms with Crippen LogP contribution in [0.4, 0.5) is 5.69 Å². The number of rotatable bonds is 6. The van der Waals surface area contributed by atoms with Gasteiger partial charge in [-0.2, -0.15) is 0 Å². The number of anilines is 1. The van der Waals surface area contributed by atoms with Crippen molar-refractivity contribution in [1.82, 2.24) is 4.98 Å². The summed E-state index contributed by atoms with van der Waals surface area (Å²) < 4.78 is 0. The predicted octanol–water partition coefficient (Wildman–Crippen LogP) is 7.99. The summed E-state index contributed by atoms with van der Waals surface area (Å²) in [4.78, 5) is 5.24. The van der Waals surface area contributed by atoms with Gasteiger partial charge >= 0.3 is 0 Å². The second kappa shape index (κ2) is 9.26. The molecule has 1 unspecified atom stereocenters. The highest BCUT2D eigenvalue weighted by molar-refractivity contribution is 5.61. The van der Waals surface area contributed by atoms with Gasteiger partial charge in [0.2, 0.25) is 0 Å². The van der Waals surface area contributed by atoms with Gasteiger partial charge in [-0.25, -0.2) is 0 Å². The van der Waals surface area contributed by atoms with E-state index < -0.39 is 0 Å². The van der Waals surface area contributed by atoms with E-state index >= 15 is 0 Å². The van der Waals surface area contributed by atoms with Crippen molar-refractivity contribution < 1.29 is 0 Å². The lowest BCUT2D eigenvalue weighted by atomic mass is 9.90. The lowest BCUT2D eigenvalue weighted by Gasteiger charge is -2.27. The molecular formula is C29H36N2. The van der Waals surface area contributed by atoms with E-state index in [1.165, 1.54) is 64.9 Å². The Kier molecular flexibility index (Phi) is 6.46. The first-order valence-electron chi connectivity index (χ1n) is 11.8. The average Bonchev–Trinajstić information content (AvgIpc) is 3.28. The average molecular weight is 413 g/mol. The number of nitrogens with one attached hydrogen (secondary N) is 1. The summed E-state index contributed by atoms with van der Waals surface area (Å²) in [6.45, 7) is 11.1. The van der Waals surface area contributed by atoms with Crippen LogP contribution in [0.2, 0.25) is 0 Å². The van der Waals surface area contributed by atoms with Crippen LogP contribution >= 0.6 is 0 Å². The number of hydrogen-bond acceptors (Lipinski definition) is 2. The summed E-state index contributed by atoms with van der Waals surface area (Å²) in [5, 5.41) is 3.93. The molecule has 1 aliphatic carbocycles. The minimum atomic E-state index is 0.0278. The lowest BCUT2D eigenvalue weighted by Crippen LogP contribution is -2.18. The molecule has 2 nitrogen and oxygen atoms in total. The Morgan fingerprint density at radius 2 is 1.48 bits per heavy atom. The third-order valence-electron chi connectivity index (χ3n) is 6.76. The lowest BCUT2D eigenvalue weighted by molar-refractivity contribution is 0.686. The van der Waals surface area contributed by atoms with Crippen molar-refractivity contribution in [3.05, 3.63) is 93.8 Å². The number of aromatic nitrogens is 1. The summed E-state index contributed by atoms with van der Waals surface area (Å²) in [5.74, 6) is 1.07. The zero-order chi connectivity index (χ0) is 22.0. The molecule has 162 valence electrons. The molecule has 3 aromatic rings. The molecule has 0 spiro atoms. The van der Waals surface area contributed by atoms with Crippen molar-refractivity contribution in [2.75, 3.05) is 5.32 Å². The monoisotopic (exact) mass is 412 g/mol. The molecule has 1 fully saturated rings. The summed E-state index contributed by atoms with van der Waals surface area (Å²) >= 11 is 0. The van der Waals surface area contributed by atoms with Gasteiger partial charge in [-0.15, -0.1) is 0 Å². The number of aryl methyl sites for hydroxylation is 3. The SMILES string of the molecule is Cc1cc(C)c(NC(c2cccc(C3CCCC3)n2)c2ccccc2C(C)C)c(C)c1. The van der Waals surface area contributed by atoms with Crippen molar-refractivity contribution in [1.29, 1.82) is 0 Å². The molecular weight excluding hydrogens is 376 g/mol. The minimum Gasteiger partial charge on any atom is -0.372 e. The number of pyridine rings is 1. The van der Waals surface area contributed by atoms with E-state index in [4.69, 9.17) is 4.98 Å². The molecule has 1 aromatic heterocycles. The first-order chi connectivity index (χ1) is 14.9. The number of nitrogens with zero attached hydrogens (tertiary/aromatic N) is 1. The van der Waals surface area contributed by atoms with E-state index in [2.05, 4.69) is 94.5 Å². The molecule has 1 saturated carbocycles. The molecule has 1 atom stereocenters. The van der Waals surface area contributed by atoms with Crippen LogP contribution in [0.1, 0.15) is 96.6 Å². The zero-order valence-electron chi connectivity index (χ0n) is 19.7. The summed E-state index contributed by atoms with van der Waals surface area (Å²) in [5.41, 5.74) is 10.2.